The van der Waals surface area contributed by atoms with E-state index in [1.165, 1.54) is 0 Å². The molecule has 0 saturated heterocycles. The topological polar surface area (TPSA) is 92.1 Å². The second-order valence-electron chi connectivity index (χ2n) is 13.5. The summed E-state index contributed by atoms with van der Waals surface area (Å²) in [6, 6.07) is 21.4. The van der Waals surface area contributed by atoms with Crippen LogP contribution in [-0.4, -0.2) is 44.3 Å². The Hall–Kier alpha value is -4.41. The van der Waals surface area contributed by atoms with Crippen LogP contribution in [0.4, 0.5) is 0 Å². The SMILES string of the molecule is CC(C)(C)c1[c-]c(-n2cccn2)ncc1.CC(C)(C)c1[c-]c(-n2cccn2)ncc1.CC(C)(C)c1[c-]c(-n2cccn2)ncc1.[Co+3]. The fourth-order valence-corrected chi connectivity index (χ4v) is 3.97. The van der Waals surface area contributed by atoms with Gasteiger partial charge >= 0.3 is 16.8 Å². The van der Waals surface area contributed by atoms with Gasteiger partial charge in [0.1, 0.15) is 0 Å². The Balaban J connectivity index is 0.000000186. The third kappa shape index (κ3) is 10.0. The maximum Gasteiger partial charge on any atom is 3.00 e. The van der Waals surface area contributed by atoms with Crippen molar-refractivity contribution >= 4 is 0 Å². The summed E-state index contributed by atoms with van der Waals surface area (Å²) in [6.07, 6.45) is 16.2. The van der Waals surface area contributed by atoms with Crippen molar-refractivity contribution in [3.8, 4) is 17.5 Å². The zero-order valence-corrected chi connectivity index (χ0v) is 29.1. The first-order valence-electron chi connectivity index (χ1n) is 14.9. The molecule has 0 spiro atoms. The largest absolute Gasteiger partial charge is 3.00 e. The van der Waals surface area contributed by atoms with Crippen LogP contribution in [0.2, 0.25) is 0 Å². The molecule has 240 valence electrons. The number of nitrogens with zero attached hydrogens (tertiary/aromatic N) is 9. The van der Waals surface area contributed by atoms with E-state index in [9.17, 15) is 0 Å². The van der Waals surface area contributed by atoms with Crippen LogP contribution >= 0.6 is 0 Å². The van der Waals surface area contributed by atoms with Gasteiger partial charge in [-0.25, -0.2) is 30.7 Å². The van der Waals surface area contributed by atoms with E-state index < -0.39 is 0 Å². The number of rotatable bonds is 3. The van der Waals surface area contributed by atoms with Crippen molar-refractivity contribution in [2.45, 2.75) is 78.6 Å². The standard InChI is InChI=1S/3C12H14N3.Co/c3*1-12(2,3)10-5-7-13-11(9-10)15-8-4-6-14-15;/h3*4-8H,1-3H3;/q3*-1;+3. The van der Waals surface area contributed by atoms with E-state index in [4.69, 9.17) is 0 Å². The number of pyridine rings is 3. The molecule has 0 aliphatic rings. The van der Waals surface area contributed by atoms with Crippen molar-refractivity contribution in [1.82, 2.24) is 44.3 Å². The van der Waals surface area contributed by atoms with Crippen molar-refractivity contribution < 1.29 is 16.8 Å². The summed E-state index contributed by atoms with van der Waals surface area (Å²) >= 11 is 0. The van der Waals surface area contributed by atoms with Gasteiger partial charge in [0.15, 0.2) is 0 Å². The minimum atomic E-state index is 0. The second-order valence-corrected chi connectivity index (χ2v) is 13.5. The summed E-state index contributed by atoms with van der Waals surface area (Å²) in [6.45, 7) is 19.4. The molecule has 9 nitrogen and oxygen atoms in total. The summed E-state index contributed by atoms with van der Waals surface area (Å²) in [5.41, 5.74) is 3.69. The summed E-state index contributed by atoms with van der Waals surface area (Å²) in [5, 5.41) is 12.4. The third-order valence-electron chi connectivity index (χ3n) is 6.64. The maximum absolute atomic E-state index is 4.24. The first kappa shape index (κ1) is 36.1. The molecule has 0 aliphatic heterocycles. The molecule has 6 aromatic heterocycles. The molecule has 0 N–H and O–H groups in total. The molecule has 0 aromatic carbocycles. The fourth-order valence-electron chi connectivity index (χ4n) is 3.97. The monoisotopic (exact) mass is 659 g/mol. The average Bonchev–Trinajstić information content (AvgIpc) is 3.81. The molecule has 6 rings (SSSR count). The molecule has 0 amide bonds. The minimum Gasteiger partial charge on any atom is -0.277 e. The molecule has 0 unspecified atom stereocenters. The van der Waals surface area contributed by atoms with Crippen molar-refractivity contribution in [1.29, 1.82) is 0 Å². The van der Waals surface area contributed by atoms with Crippen LogP contribution in [0.15, 0.2) is 92.2 Å². The quantitative estimate of drug-likeness (QED) is 0.189. The minimum absolute atomic E-state index is 0. The van der Waals surface area contributed by atoms with E-state index in [2.05, 4.69) is 111 Å². The predicted octanol–water partition coefficient (Wildman–Crippen LogP) is 7.09. The van der Waals surface area contributed by atoms with Gasteiger partial charge in [-0.1, -0.05) is 80.9 Å². The zero-order chi connectivity index (χ0) is 32.7. The van der Waals surface area contributed by atoms with Crippen molar-refractivity contribution in [2.24, 2.45) is 0 Å². The molecule has 0 radical (unpaired) electrons. The molecule has 46 heavy (non-hydrogen) atoms. The number of aromatic nitrogens is 9. The van der Waals surface area contributed by atoms with E-state index in [0.29, 0.717) is 0 Å². The molecule has 0 aliphatic carbocycles. The van der Waals surface area contributed by atoms with Crippen LogP contribution in [0.1, 0.15) is 79.0 Å². The second kappa shape index (κ2) is 15.2. The molecule has 0 fully saturated rings. The molecular weight excluding hydrogens is 617 g/mol. The summed E-state index contributed by atoms with van der Waals surface area (Å²) < 4.78 is 5.15. The van der Waals surface area contributed by atoms with E-state index in [1.807, 2.05) is 55.0 Å². The Morgan fingerprint density at radius 1 is 0.435 bits per heavy atom. The Morgan fingerprint density at radius 2 is 0.696 bits per heavy atom. The van der Waals surface area contributed by atoms with Crippen molar-refractivity contribution in [2.75, 3.05) is 0 Å². The molecule has 0 bridgehead atoms. The van der Waals surface area contributed by atoms with E-state index in [1.54, 1.807) is 51.2 Å². The Labute approximate surface area is 283 Å². The average molecular weight is 660 g/mol. The Kier molecular flexibility index (Phi) is 12.0. The van der Waals surface area contributed by atoms with Crippen LogP contribution in [0.5, 0.6) is 0 Å². The van der Waals surface area contributed by atoms with Crippen molar-refractivity contribution in [3.63, 3.8) is 0 Å². The van der Waals surface area contributed by atoms with Gasteiger partial charge < -0.3 is 0 Å². The van der Waals surface area contributed by atoms with Crippen LogP contribution in [-0.2, 0) is 33.0 Å². The maximum atomic E-state index is 4.24. The van der Waals surface area contributed by atoms with Gasteiger partial charge in [-0.2, -0.15) is 51.7 Å². The molecule has 10 heteroatoms. The van der Waals surface area contributed by atoms with Gasteiger partial charge in [-0.05, 0) is 34.4 Å². The molecular formula is C36H42CoN9. The summed E-state index contributed by atoms with van der Waals surface area (Å²) in [4.78, 5) is 12.7. The molecule has 6 aromatic rings. The smallest absolute Gasteiger partial charge is 0.277 e. The fraction of sp³-hybridized carbons (Fsp3) is 0.333. The van der Waals surface area contributed by atoms with E-state index in [0.717, 1.165) is 34.1 Å². The third-order valence-corrected chi connectivity index (χ3v) is 6.64. The van der Waals surface area contributed by atoms with E-state index >= 15 is 0 Å². The van der Waals surface area contributed by atoms with Crippen LogP contribution in [0.25, 0.3) is 17.5 Å². The summed E-state index contributed by atoms with van der Waals surface area (Å²) in [5.74, 6) is 2.23. The normalized spacial score (nSPS) is 11.4. The van der Waals surface area contributed by atoms with Crippen LogP contribution in [0, 0.1) is 18.2 Å². The molecule has 6 heterocycles. The van der Waals surface area contributed by atoms with Gasteiger partial charge in [0, 0.05) is 37.2 Å². The van der Waals surface area contributed by atoms with Crippen LogP contribution in [0.3, 0.4) is 0 Å². The first-order chi connectivity index (χ1) is 21.2. The number of hydrogen-bond acceptors (Lipinski definition) is 6. The zero-order valence-electron chi connectivity index (χ0n) is 28.0. The van der Waals surface area contributed by atoms with Gasteiger partial charge in [0.05, 0.1) is 17.5 Å². The predicted molar refractivity (Wildman–Crippen MR) is 177 cm³/mol. The number of hydrogen-bond donors (Lipinski definition) is 0. The summed E-state index contributed by atoms with van der Waals surface area (Å²) in [7, 11) is 0. The van der Waals surface area contributed by atoms with Crippen molar-refractivity contribution in [3.05, 3.63) is 127 Å². The van der Waals surface area contributed by atoms with Gasteiger partial charge in [-0.3, -0.25) is 15.0 Å². The van der Waals surface area contributed by atoms with Gasteiger partial charge in [0.25, 0.3) is 0 Å². The van der Waals surface area contributed by atoms with Gasteiger partial charge in [-0.15, -0.1) is 0 Å². The Morgan fingerprint density at radius 3 is 0.891 bits per heavy atom. The van der Waals surface area contributed by atoms with Gasteiger partial charge in [0.2, 0.25) is 0 Å². The molecule has 0 saturated carbocycles. The van der Waals surface area contributed by atoms with E-state index in [-0.39, 0.29) is 33.0 Å². The van der Waals surface area contributed by atoms with Crippen LogP contribution < -0.4 is 0 Å². The first-order valence-corrected chi connectivity index (χ1v) is 14.9. The Bertz CT molecular complexity index is 1530. The molecule has 0 atom stereocenters.